The van der Waals surface area contributed by atoms with Crippen LogP contribution in [0.1, 0.15) is 24.2 Å². The van der Waals surface area contributed by atoms with Crippen LogP contribution >= 0.6 is 11.6 Å². The Labute approximate surface area is 121 Å². The minimum atomic E-state index is 0.450. The molecule has 0 atom stereocenters. The average Bonchev–Trinajstić information content (AvgIpc) is 2.91. The highest BCUT2D eigenvalue weighted by Gasteiger charge is 2.16. The summed E-state index contributed by atoms with van der Waals surface area (Å²) in [7, 11) is 0. The molecule has 1 aromatic heterocycles. The van der Waals surface area contributed by atoms with E-state index in [2.05, 4.69) is 10.2 Å². The highest BCUT2D eigenvalue weighted by Crippen LogP contribution is 2.38. The SMILES string of the molecule is CCOc1cc(OCC)c(-c2[nH]ncc2C=O)cc1Cl. The normalized spacial score (nSPS) is 10.3. The Balaban J connectivity index is 2.56. The number of carbonyl (C=O) groups is 1. The molecule has 0 aliphatic rings. The number of benzene rings is 1. The number of rotatable bonds is 6. The summed E-state index contributed by atoms with van der Waals surface area (Å²) in [5, 5.41) is 7.12. The summed E-state index contributed by atoms with van der Waals surface area (Å²) in [5.74, 6) is 1.14. The predicted octanol–water partition coefficient (Wildman–Crippen LogP) is 3.34. The summed E-state index contributed by atoms with van der Waals surface area (Å²) >= 11 is 6.19. The predicted molar refractivity (Wildman–Crippen MR) is 76.8 cm³/mol. The fourth-order valence-electron chi connectivity index (χ4n) is 1.87. The van der Waals surface area contributed by atoms with Crippen molar-refractivity contribution in [3.63, 3.8) is 0 Å². The van der Waals surface area contributed by atoms with Crippen molar-refractivity contribution < 1.29 is 14.3 Å². The van der Waals surface area contributed by atoms with Crippen LogP contribution in [0, 0.1) is 0 Å². The average molecular weight is 295 g/mol. The molecule has 0 aliphatic carbocycles. The Morgan fingerprint density at radius 2 is 1.95 bits per heavy atom. The van der Waals surface area contributed by atoms with Gasteiger partial charge in [-0.25, -0.2) is 0 Å². The van der Waals surface area contributed by atoms with Crippen molar-refractivity contribution in [1.82, 2.24) is 10.2 Å². The lowest BCUT2D eigenvalue weighted by molar-refractivity contribution is 0.112. The molecule has 20 heavy (non-hydrogen) atoms. The van der Waals surface area contributed by atoms with Crippen LogP contribution in [-0.4, -0.2) is 29.7 Å². The minimum Gasteiger partial charge on any atom is -0.493 e. The van der Waals surface area contributed by atoms with E-state index >= 15 is 0 Å². The van der Waals surface area contributed by atoms with Crippen LogP contribution in [0.25, 0.3) is 11.3 Å². The van der Waals surface area contributed by atoms with Crippen molar-refractivity contribution in [2.75, 3.05) is 13.2 Å². The van der Waals surface area contributed by atoms with Crippen LogP contribution in [0.2, 0.25) is 5.02 Å². The van der Waals surface area contributed by atoms with Crippen molar-refractivity contribution in [3.05, 3.63) is 28.9 Å². The van der Waals surface area contributed by atoms with Crippen molar-refractivity contribution in [3.8, 4) is 22.8 Å². The van der Waals surface area contributed by atoms with Crippen LogP contribution in [-0.2, 0) is 0 Å². The lowest BCUT2D eigenvalue weighted by atomic mass is 10.1. The van der Waals surface area contributed by atoms with Gasteiger partial charge in [0, 0.05) is 11.6 Å². The topological polar surface area (TPSA) is 64.2 Å². The van der Waals surface area contributed by atoms with Gasteiger partial charge in [-0.05, 0) is 19.9 Å². The Bertz CT molecular complexity index is 610. The summed E-state index contributed by atoms with van der Waals surface area (Å²) in [6.07, 6.45) is 2.20. The number of aromatic nitrogens is 2. The standard InChI is InChI=1S/C14H15ClN2O3/c1-3-19-12-6-13(20-4-2)11(15)5-10(12)14-9(8-18)7-16-17-14/h5-8H,3-4H2,1-2H3,(H,16,17). The van der Waals surface area contributed by atoms with Crippen LogP contribution in [0.5, 0.6) is 11.5 Å². The zero-order chi connectivity index (χ0) is 14.5. The number of ether oxygens (including phenoxy) is 2. The zero-order valence-corrected chi connectivity index (χ0v) is 12.0. The first-order chi connectivity index (χ1) is 9.71. The molecular weight excluding hydrogens is 280 g/mol. The number of hydrogen-bond acceptors (Lipinski definition) is 4. The van der Waals surface area contributed by atoms with Crippen LogP contribution < -0.4 is 9.47 Å². The largest absolute Gasteiger partial charge is 0.493 e. The Morgan fingerprint density at radius 1 is 1.25 bits per heavy atom. The van der Waals surface area contributed by atoms with E-state index in [1.807, 2.05) is 13.8 Å². The molecule has 0 spiro atoms. The third kappa shape index (κ3) is 2.77. The molecule has 106 valence electrons. The fourth-order valence-corrected chi connectivity index (χ4v) is 2.09. The maximum Gasteiger partial charge on any atom is 0.153 e. The first-order valence-electron chi connectivity index (χ1n) is 6.29. The van der Waals surface area contributed by atoms with Crippen molar-refractivity contribution >= 4 is 17.9 Å². The van der Waals surface area contributed by atoms with E-state index in [1.54, 1.807) is 12.1 Å². The highest BCUT2D eigenvalue weighted by atomic mass is 35.5. The number of H-pyrrole nitrogens is 1. The molecule has 5 nitrogen and oxygen atoms in total. The van der Waals surface area contributed by atoms with Gasteiger partial charge >= 0.3 is 0 Å². The maximum atomic E-state index is 11.0. The number of halogens is 1. The van der Waals surface area contributed by atoms with Crippen LogP contribution in [0.15, 0.2) is 18.3 Å². The summed E-state index contributed by atoms with van der Waals surface area (Å²) < 4.78 is 11.0. The Hall–Kier alpha value is -2.01. The molecule has 2 aromatic rings. The quantitative estimate of drug-likeness (QED) is 0.830. The molecule has 0 fully saturated rings. The van der Waals surface area contributed by atoms with Gasteiger partial charge in [-0.2, -0.15) is 5.10 Å². The first-order valence-corrected chi connectivity index (χ1v) is 6.67. The van der Waals surface area contributed by atoms with E-state index < -0.39 is 0 Å². The second kappa shape index (κ2) is 6.43. The summed E-state index contributed by atoms with van der Waals surface area (Å²) in [5.41, 5.74) is 1.71. The van der Waals surface area contributed by atoms with Gasteiger partial charge in [0.05, 0.1) is 35.7 Å². The van der Waals surface area contributed by atoms with E-state index in [-0.39, 0.29) is 0 Å². The molecular formula is C14H15ClN2O3. The monoisotopic (exact) mass is 294 g/mol. The highest BCUT2D eigenvalue weighted by molar-refractivity contribution is 6.32. The molecule has 1 aromatic carbocycles. The van der Waals surface area contributed by atoms with Gasteiger partial charge in [0.1, 0.15) is 11.5 Å². The van der Waals surface area contributed by atoms with E-state index in [1.165, 1.54) is 6.20 Å². The molecule has 0 saturated carbocycles. The second-order valence-corrected chi connectivity index (χ2v) is 4.37. The molecule has 0 bridgehead atoms. The smallest absolute Gasteiger partial charge is 0.153 e. The molecule has 2 rings (SSSR count). The summed E-state index contributed by atoms with van der Waals surface area (Å²) in [6, 6.07) is 3.43. The van der Waals surface area contributed by atoms with Gasteiger partial charge in [0.2, 0.25) is 0 Å². The van der Waals surface area contributed by atoms with E-state index in [9.17, 15) is 4.79 Å². The van der Waals surface area contributed by atoms with Crippen LogP contribution in [0.4, 0.5) is 0 Å². The molecule has 0 aliphatic heterocycles. The van der Waals surface area contributed by atoms with E-state index in [0.717, 1.165) is 6.29 Å². The van der Waals surface area contributed by atoms with Crippen LogP contribution in [0.3, 0.4) is 0 Å². The minimum absolute atomic E-state index is 0.450. The fraction of sp³-hybridized carbons (Fsp3) is 0.286. The van der Waals surface area contributed by atoms with Gasteiger partial charge < -0.3 is 9.47 Å². The molecule has 6 heteroatoms. The van der Waals surface area contributed by atoms with Gasteiger partial charge in [-0.1, -0.05) is 11.6 Å². The van der Waals surface area contributed by atoms with Crippen molar-refractivity contribution in [2.45, 2.75) is 13.8 Å². The number of nitrogens with zero attached hydrogens (tertiary/aromatic N) is 1. The lowest BCUT2D eigenvalue weighted by Crippen LogP contribution is -1.99. The van der Waals surface area contributed by atoms with Gasteiger partial charge in [0.15, 0.2) is 6.29 Å². The summed E-state index contributed by atoms with van der Waals surface area (Å²) in [4.78, 5) is 11.0. The Kier molecular flexibility index (Phi) is 4.63. The molecule has 1 heterocycles. The maximum absolute atomic E-state index is 11.0. The zero-order valence-electron chi connectivity index (χ0n) is 11.3. The molecule has 0 saturated heterocycles. The number of aromatic amines is 1. The van der Waals surface area contributed by atoms with E-state index in [4.69, 9.17) is 21.1 Å². The molecule has 0 amide bonds. The van der Waals surface area contributed by atoms with Gasteiger partial charge in [-0.15, -0.1) is 0 Å². The number of hydrogen-bond donors (Lipinski definition) is 1. The van der Waals surface area contributed by atoms with E-state index in [0.29, 0.717) is 46.6 Å². The van der Waals surface area contributed by atoms with Crippen molar-refractivity contribution in [1.29, 1.82) is 0 Å². The lowest BCUT2D eigenvalue weighted by Gasteiger charge is -2.13. The third-order valence-electron chi connectivity index (χ3n) is 2.70. The molecule has 0 radical (unpaired) electrons. The first kappa shape index (κ1) is 14.4. The number of nitrogens with one attached hydrogen (secondary N) is 1. The van der Waals surface area contributed by atoms with Gasteiger partial charge in [-0.3, -0.25) is 9.89 Å². The van der Waals surface area contributed by atoms with Gasteiger partial charge in [0.25, 0.3) is 0 Å². The molecule has 1 N–H and O–H groups in total. The number of carbonyl (C=O) groups excluding carboxylic acids is 1. The summed E-state index contributed by atoms with van der Waals surface area (Å²) in [6.45, 7) is 4.76. The second-order valence-electron chi connectivity index (χ2n) is 3.96. The number of aldehydes is 1. The third-order valence-corrected chi connectivity index (χ3v) is 2.99. The van der Waals surface area contributed by atoms with Crippen molar-refractivity contribution in [2.24, 2.45) is 0 Å². The Morgan fingerprint density at radius 3 is 2.60 bits per heavy atom. The molecule has 0 unspecified atom stereocenters.